The van der Waals surface area contributed by atoms with Crippen molar-refractivity contribution >= 4 is 0 Å². The summed E-state index contributed by atoms with van der Waals surface area (Å²) in [5.41, 5.74) is 0. The Bertz CT molecular complexity index is 425. The summed E-state index contributed by atoms with van der Waals surface area (Å²) in [5.74, 6) is 0. The molecule has 0 saturated heterocycles. The van der Waals surface area contributed by atoms with Crippen LogP contribution in [0.15, 0.2) is 0 Å². The molecule has 0 bridgehead atoms. The zero-order valence-electron chi connectivity index (χ0n) is 7.92. The molecule has 0 aromatic rings. The van der Waals surface area contributed by atoms with Crippen molar-refractivity contribution in [2.45, 2.75) is 0 Å². The van der Waals surface area contributed by atoms with E-state index in [9.17, 15) is 60.7 Å². The molecule has 18 nitrogen and oxygen atoms in total. The van der Waals surface area contributed by atoms with Gasteiger partial charge in [0.2, 0.25) is 0 Å². The SMILES string of the molecule is O=[N+]([O-])[Rh]([N+](=O)[O-])([N+](=O)[O-])([N+](=O)[O-])([N+](=O)[O-])[N+](=O)[O-]. The first kappa shape index (κ1) is 16.0. The summed E-state index contributed by atoms with van der Waals surface area (Å²) in [6, 6.07) is 0. The van der Waals surface area contributed by atoms with Crippen molar-refractivity contribution in [3.05, 3.63) is 60.7 Å². The maximum absolute atomic E-state index is 10.8. The normalized spacial score (nSPS) is 14.5. The van der Waals surface area contributed by atoms with E-state index >= 15 is 0 Å². The van der Waals surface area contributed by atoms with Crippen LogP contribution in [-0.4, -0.2) is 22.0 Å². The second kappa shape index (κ2) is 3.28. The first-order chi connectivity index (χ1) is 8.34. The Morgan fingerprint density at radius 3 is 0.526 bits per heavy atom. The quantitative estimate of drug-likeness (QED) is 0.286. The van der Waals surface area contributed by atoms with E-state index < -0.39 is 35.9 Å². The summed E-state index contributed by atoms with van der Waals surface area (Å²) >= 11 is -10.8. The van der Waals surface area contributed by atoms with Crippen molar-refractivity contribution in [1.29, 1.82) is 0 Å². The average Bonchev–Trinajstić information content (AvgIpc) is 2.15. The molecule has 0 aliphatic heterocycles. The predicted octanol–water partition coefficient (Wildman–Crippen LogP) is -1.64. The standard InChI is InChI=1S/6NO2.Rh/c6*2-1-3;. The zero-order chi connectivity index (χ0) is 15.9. The van der Waals surface area contributed by atoms with Crippen molar-refractivity contribution in [3.63, 3.8) is 0 Å². The van der Waals surface area contributed by atoms with Crippen LogP contribution in [0.2, 0.25) is 0 Å². The molecule has 19 heteroatoms. The molecule has 0 amide bonds. The van der Waals surface area contributed by atoms with E-state index in [4.69, 9.17) is 0 Å². The molecule has 19 heavy (non-hydrogen) atoms. The summed E-state index contributed by atoms with van der Waals surface area (Å²) in [7, 11) is 0. The Balaban J connectivity index is 8.00. The van der Waals surface area contributed by atoms with Crippen LogP contribution in [0.5, 0.6) is 0 Å². The Hall–Kier alpha value is -2.98. The van der Waals surface area contributed by atoms with E-state index in [0.717, 1.165) is 0 Å². The fourth-order valence-electron chi connectivity index (χ4n) is 0.667. The molecule has 0 aliphatic rings. The van der Waals surface area contributed by atoms with E-state index in [2.05, 4.69) is 0 Å². The van der Waals surface area contributed by atoms with Crippen LogP contribution in [0, 0.1) is 60.7 Å². The van der Waals surface area contributed by atoms with Crippen LogP contribution in [0.25, 0.3) is 0 Å². The Labute approximate surface area is 97.3 Å². The van der Waals surface area contributed by atoms with Gasteiger partial charge < -0.3 is 0 Å². The summed E-state index contributed by atoms with van der Waals surface area (Å²) in [6.07, 6.45) is 0. The minimum absolute atomic E-state index is 3.23. The van der Waals surface area contributed by atoms with E-state index in [1.54, 1.807) is 0 Å². The fourth-order valence-corrected chi connectivity index (χ4v) is 3.94. The van der Waals surface area contributed by atoms with Crippen LogP contribution in [-0.2, 0) is 13.9 Å². The minimum atomic E-state index is -10.8. The van der Waals surface area contributed by atoms with Gasteiger partial charge in [0.05, 0.1) is 0 Å². The fraction of sp³-hybridized carbons (Fsp3) is 0. The van der Waals surface area contributed by atoms with Gasteiger partial charge in [-0.2, -0.15) is 0 Å². The van der Waals surface area contributed by atoms with E-state index in [-0.39, 0.29) is 0 Å². The van der Waals surface area contributed by atoms with Gasteiger partial charge in [0.25, 0.3) is 0 Å². The third-order valence-corrected chi connectivity index (χ3v) is 9.66. The van der Waals surface area contributed by atoms with Gasteiger partial charge in [0, 0.05) is 0 Å². The molecule has 0 unspecified atom stereocenters. The predicted molar refractivity (Wildman–Crippen MR) is 42.0 cm³/mol. The maximum atomic E-state index is 10.5. The molecule has 0 aromatic carbocycles. The molecule has 0 aromatic heterocycles. The van der Waals surface area contributed by atoms with Gasteiger partial charge in [0.15, 0.2) is 0 Å². The molecule has 0 N–H and O–H groups in total. The molecular weight excluding hydrogens is 379 g/mol. The molecule has 0 fully saturated rings. The summed E-state index contributed by atoms with van der Waals surface area (Å²) in [6.45, 7) is 0. The molecule has 0 rings (SSSR count). The number of hydrogen-bond donors (Lipinski definition) is 0. The van der Waals surface area contributed by atoms with Gasteiger partial charge in [-0.3, -0.25) is 0 Å². The van der Waals surface area contributed by atoms with Crippen molar-refractivity contribution in [3.8, 4) is 0 Å². The van der Waals surface area contributed by atoms with Gasteiger partial charge in [-0.25, -0.2) is 0 Å². The Morgan fingerprint density at radius 1 is 0.421 bits per heavy atom. The van der Waals surface area contributed by atoms with E-state index in [0.29, 0.717) is 0 Å². The van der Waals surface area contributed by atoms with Crippen LogP contribution < -0.4 is 0 Å². The second-order valence-corrected chi connectivity index (χ2v) is 10.7. The van der Waals surface area contributed by atoms with Gasteiger partial charge in [0.1, 0.15) is 0 Å². The van der Waals surface area contributed by atoms with Crippen LogP contribution >= 0.6 is 0 Å². The van der Waals surface area contributed by atoms with Crippen molar-refractivity contribution in [2.75, 3.05) is 0 Å². The third kappa shape index (κ3) is 0.784. The molecule has 0 saturated carbocycles. The first-order valence-electron chi connectivity index (χ1n) is 3.09. The van der Waals surface area contributed by atoms with Gasteiger partial charge >= 0.3 is 96.5 Å². The van der Waals surface area contributed by atoms with Crippen molar-refractivity contribution in [1.82, 2.24) is 0 Å². The molecule has 0 spiro atoms. The van der Waals surface area contributed by atoms with Crippen molar-refractivity contribution < 1.29 is 35.9 Å². The second-order valence-electron chi connectivity index (χ2n) is 2.18. The van der Waals surface area contributed by atoms with Crippen LogP contribution in [0.3, 0.4) is 0 Å². The zero-order valence-corrected chi connectivity index (χ0v) is 9.55. The molecule has 0 atom stereocenters. The Morgan fingerprint density at radius 2 is 0.526 bits per heavy atom. The summed E-state index contributed by atoms with van der Waals surface area (Å²) < 4.78 is -19.4. The first-order valence-corrected chi connectivity index (χ1v) is 7.48. The van der Waals surface area contributed by atoms with Gasteiger partial charge in [-0.05, 0) is 0 Å². The number of nitro groups is 6. The Kier molecular flexibility index (Phi) is 2.76. The molecule has 0 aliphatic carbocycles. The summed E-state index contributed by atoms with van der Waals surface area (Å²) in [5, 5.41) is 63.3. The van der Waals surface area contributed by atoms with E-state index in [1.807, 2.05) is 0 Å². The molecular formula is N6O12Rh. The van der Waals surface area contributed by atoms with Gasteiger partial charge in [-0.15, -0.1) is 0 Å². The number of nitrogens with zero attached hydrogens (tertiary/aromatic N) is 6. The molecule has 0 heterocycles. The monoisotopic (exact) mass is 379 g/mol. The molecule has 0 radical (unpaired) electrons. The number of rotatable bonds is 6. The third-order valence-electron chi connectivity index (χ3n) is 1.63. The molecule has 111 valence electrons. The van der Waals surface area contributed by atoms with Crippen molar-refractivity contribution in [2.24, 2.45) is 0 Å². The number of hydrogen-bond acceptors (Lipinski definition) is 12. The van der Waals surface area contributed by atoms with Crippen LogP contribution in [0.1, 0.15) is 0 Å². The van der Waals surface area contributed by atoms with E-state index in [1.165, 1.54) is 0 Å². The van der Waals surface area contributed by atoms with Crippen LogP contribution in [0.4, 0.5) is 0 Å². The van der Waals surface area contributed by atoms with Gasteiger partial charge in [-0.1, -0.05) is 0 Å². The topological polar surface area (TPSA) is 259 Å². The average molecular weight is 379 g/mol. The summed E-state index contributed by atoms with van der Waals surface area (Å²) in [4.78, 5) is 63.3.